The number of ether oxygens (including phenoxy) is 1. The molecule has 0 radical (unpaired) electrons. The third kappa shape index (κ3) is 4.08. The van der Waals surface area contributed by atoms with E-state index in [1.165, 1.54) is 12.1 Å². The van der Waals surface area contributed by atoms with Gasteiger partial charge in [0.2, 0.25) is 11.8 Å². The second-order valence-electron chi connectivity index (χ2n) is 5.59. The third-order valence-electron chi connectivity index (χ3n) is 3.84. The van der Waals surface area contributed by atoms with Gasteiger partial charge in [-0.3, -0.25) is 9.69 Å². The molecule has 2 heterocycles. The fourth-order valence-electron chi connectivity index (χ4n) is 2.54. The van der Waals surface area contributed by atoms with E-state index in [-0.39, 0.29) is 18.3 Å². The molecule has 0 spiro atoms. The van der Waals surface area contributed by atoms with E-state index < -0.39 is 5.82 Å². The number of aromatic nitrogens is 2. The summed E-state index contributed by atoms with van der Waals surface area (Å²) >= 11 is 0. The number of halogens is 1. The molecule has 1 aliphatic rings. The highest BCUT2D eigenvalue weighted by Gasteiger charge is 2.22. The Kier molecular flexibility index (Phi) is 5.05. The number of benzene rings is 1. The summed E-state index contributed by atoms with van der Waals surface area (Å²) in [7, 11) is 0. The largest absolute Gasteiger partial charge is 0.481 e. The molecule has 1 aromatic carbocycles. The summed E-state index contributed by atoms with van der Waals surface area (Å²) in [4.78, 5) is 16.0. The number of carbonyl (C=O) groups is 1. The van der Waals surface area contributed by atoms with Gasteiger partial charge in [0.15, 0.2) is 18.2 Å². The average Bonchev–Trinajstić information content (AvgIpc) is 2.99. The zero-order chi connectivity index (χ0) is 16.9. The summed E-state index contributed by atoms with van der Waals surface area (Å²) in [5.74, 6) is 0.604. The van der Waals surface area contributed by atoms with Crippen molar-refractivity contribution < 1.29 is 18.3 Å². The zero-order valence-electron chi connectivity index (χ0n) is 13.4. The summed E-state index contributed by atoms with van der Waals surface area (Å²) in [6, 6.07) is 6.06. The molecule has 0 bridgehead atoms. The fraction of sp³-hybridized carbons (Fsp3) is 0.438. The van der Waals surface area contributed by atoms with Gasteiger partial charge in [-0.05, 0) is 12.1 Å². The van der Waals surface area contributed by atoms with Crippen LogP contribution in [-0.4, -0.2) is 58.7 Å². The van der Waals surface area contributed by atoms with E-state index in [0.29, 0.717) is 44.5 Å². The lowest BCUT2D eigenvalue weighted by Crippen LogP contribution is -2.49. The van der Waals surface area contributed by atoms with Crippen LogP contribution >= 0.6 is 0 Å². The number of carbonyl (C=O) groups excluding carboxylic acids is 1. The lowest BCUT2D eigenvalue weighted by atomic mass is 10.3. The Morgan fingerprint density at radius 2 is 2.00 bits per heavy atom. The standard InChI is InChI=1S/C16H19FN4O3/c1-12-18-19-15(24-12)10-20-6-8-21(9-7-20)16(22)11-23-14-5-3-2-4-13(14)17/h2-5H,6-11H2,1H3. The Morgan fingerprint density at radius 1 is 1.25 bits per heavy atom. The molecular formula is C16H19FN4O3. The van der Waals surface area contributed by atoms with E-state index in [1.54, 1.807) is 24.0 Å². The Bertz CT molecular complexity index is 698. The summed E-state index contributed by atoms with van der Waals surface area (Å²) in [6.45, 7) is 4.78. The van der Waals surface area contributed by atoms with Crippen molar-refractivity contribution >= 4 is 5.91 Å². The molecule has 7 nitrogen and oxygen atoms in total. The fourth-order valence-corrected chi connectivity index (χ4v) is 2.54. The minimum absolute atomic E-state index is 0.0937. The first kappa shape index (κ1) is 16.4. The minimum atomic E-state index is -0.468. The van der Waals surface area contributed by atoms with Gasteiger partial charge in [0.05, 0.1) is 6.54 Å². The molecule has 2 aromatic rings. The van der Waals surface area contributed by atoms with Crippen LogP contribution in [0.1, 0.15) is 11.8 Å². The zero-order valence-corrected chi connectivity index (χ0v) is 13.4. The Hall–Kier alpha value is -2.48. The maximum atomic E-state index is 13.5. The first-order valence-corrected chi connectivity index (χ1v) is 7.78. The average molecular weight is 334 g/mol. The lowest BCUT2D eigenvalue weighted by Gasteiger charge is -2.33. The summed E-state index contributed by atoms with van der Waals surface area (Å²) in [5.41, 5.74) is 0. The highest BCUT2D eigenvalue weighted by atomic mass is 19.1. The van der Waals surface area contributed by atoms with E-state index >= 15 is 0 Å². The van der Waals surface area contributed by atoms with Gasteiger partial charge in [0.25, 0.3) is 5.91 Å². The monoisotopic (exact) mass is 334 g/mol. The first-order valence-electron chi connectivity index (χ1n) is 7.78. The molecule has 0 aliphatic carbocycles. The van der Waals surface area contributed by atoms with E-state index in [4.69, 9.17) is 9.15 Å². The molecule has 1 fully saturated rings. The van der Waals surface area contributed by atoms with Crippen molar-refractivity contribution in [3.05, 3.63) is 41.9 Å². The SMILES string of the molecule is Cc1nnc(CN2CCN(C(=O)COc3ccccc3F)CC2)o1. The van der Waals surface area contributed by atoms with E-state index in [1.807, 2.05) is 0 Å². The van der Waals surface area contributed by atoms with Crippen molar-refractivity contribution in [1.82, 2.24) is 20.0 Å². The molecule has 0 unspecified atom stereocenters. The molecule has 1 saturated heterocycles. The number of rotatable bonds is 5. The van der Waals surface area contributed by atoms with Crippen LogP contribution in [0.2, 0.25) is 0 Å². The molecule has 24 heavy (non-hydrogen) atoms. The van der Waals surface area contributed by atoms with Crippen LogP contribution in [0.5, 0.6) is 5.75 Å². The maximum absolute atomic E-state index is 13.5. The molecular weight excluding hydrogens is 315 g/mol. The van der Waals surface area contributed by atoms with E-state index in [2.05, 4.69) is 15.1 Å². The highest BCUT2D eigenvalue weighted by Crippen LogP contribution is 2.15. The second kappa shape index (κ2) is 7.39. The number of hydrogen-bond donors (Lipinski definition) is 0. The van der Waals surface area contributed by atoms with Crippen LogP contribution in [-0.2, 0) is 11.3 Å². The third-order valence-corrected chi connectivity index (χ3v) is 3.84. The topological polar surface area (TPSA) is 71.7 Å². The number of nitrogens with zero attached hydrogens (tertiary/aromatic N) is 4. The Balaban J connectivity index is 1.44. The summed E-state index contributed by atoms with van der Waals surface area (Å²) in [6.07, 6.45) is 0. The van der Waals surface area contributed by atoms with Crippen LogP contribution in [0.25, 0.3) is 0 Å². The molecule has 8 heteroatoms. The van der Waals surface area contributed by atoms with Crippen molar-refractivity contribution in [3.8, 4) is 5.75 Å². The second-order valence-corrected chi connectivity index (χ2v) is 5.59. The first-order chi connectivity index (χ1) is 11.6. The molecule has 0 atom stereocenters. The van der Waals surface area contributed by atoms with Gasteiger partial charge in [-0.15, -0.1) is 10.2 Å². The Labute approximate surface area is 139 Å². The van der Waals surface area contributed by atoms with E-state index in [0.717, 1.165) is 0 Å². The molecule has 128 valence electrons. The van der Waals surface area contributed by atoms with Crippen LogP contribution in [0, 0.1) is 12.7 Å². The predicted molar refractivity (Wildman–Crippen MR) is 82.8 cm³/mol. The van der Waals surface area contributed by atoms with Crippen LogP contribution < -0.4 is 4.74 Å². The molecule has 0 saturated carbocycles. The van der Waals surface area contributed by atoms with Crippen molar-refractivity contribution in [2.45, 2.75) is 13.5 Å². The normalized spacial score (nSPS) is 15.5. The highest BCUT2D eigenvalue weighted by molar-refractivity contribution is 5.77. The maximum Gasteiger partial charge on any atom is 0.260 e. The van der Waals surface area contributed by atoms with Gasteiger partial charge in [-0.1, -0.05) is 12.1 Å². The van der Waals surface area contributed by atoms with Crippen molar-refractivity contribution in [3.63, 3.8) is 0 Å². The molecule has 1 aromatic heterocycles. The molecule has 0 N–H and O–H groups in total. The lowest BCUT2D eigenvalue weighted by molar-refractivity contribution is -0.135. The number of hydrogen-bond acceptors (Lipinski definition) is 6. The number of aryl methyl sites for hydroxylation is 1. The van der Waals surface area contributed by atoms with Gasteiger partial charge in [-0.2, -0.15) is 0 Å². The summed E-state index contributed by atoms with van der Waals surface area (Å²) in [5, 5.41) is 7.77. The number of piperazine rings is 1. The smallest absolute Gasteiger partial charge is 0.260 e. The minimum Gasteiger partial charge on any atom is -0.481 e. The van der Waals surface area contributed by atoms with Gasteiger partial charge < -0.3 is 14.1 Å². The molecule has 3 rings (SSSR count). The predicted octanol–water partition coefficient (Wildman–Crippen LogP) is 1.24. The van der Waals surface area contributed by atoms with Gasteiger partial charge in [0, 0.05) is 33.1 Å². The van der Waals surface area contributed by atoms with Crippen molar-refractivity contribution in [2.75, 3.05) is 32.8 Å². The van der Waals surface area contributed by atoms with Crippen molar-refractivity contribution in [2.24, 2.45) is 0 Å². The quantitative estimate of drug-likeness (QED) is 0.819. The molecule has 1 aliphatic heterocycles. The number of amides is 1. The van der Waals surface area contributed by atoms with Crippen LogP contribution in [0.3, 0.4) is 0 Å². The molecule has 1 amide bonds. The van der Waals surface area contributed by atoms with Crippen LogP contribution in [0.15, 0.2) is 28.7 Å². The van der Waals surface area contributed by atoms with Gasteiger partial charge in [-0.25, -0.2) is 4.39 Å². The van der Waals surface area contributed by atoms with E-state index in [9.17, 15) is 9.18 Å². The van der Waals surface area contributed by atoms with Gasteiger partial charge >= 0.3 is 0 Å². The number of para-hydroxylation sites is 1. The van der Waals surface area contributed by atoms with Crippen LogP contribution in [0.4, 0.5) is 4.39 Å². The summed E-state index contributed by atoms with van der Waals surface area (Å²) < 4.78 is 24.1. The van der Waals surface area contributed by atoms with Crippen molar-refractivity contribution in [1.29, 1.82) is 0 Å². The van der Waals surface area contributed by atoms with Gasteiger partial charge in [0.1, 0.15) is 0 Å². The Morgan fingerprint density at radius 3 is 2.67 bits per heavy atom.